The molecule has 0 aliphatic heterocycles. The minimum atomic E-state index is -0.766. The monoisotopic (exact) mass is 1100 g/mol. The van der Waals surface area contributed by atoms with Gasteiger partial charge in [0.2, 0.25) is 0 Å². The van der Waals surface area contributed by atoms with E-state index in [-0.39, 0.29) is 31.1 Å². The summed E-state index contributed by atoms with van der Waals surface area (Å²) in [6, 6.07) is 0. The summed E-state index contributed by atoms with van der Waals surface area (Å²) >= 11 is 0. The van der Waals surface area contributed by atoms with Gasteiger partial charge >= 0.3 is 17.9 Å². The van der Waals surface area contributed by atoms with E-state index < -0.39 is 6.10 Å². The lowest BCUT2D eigenvalue weighted by Gasteiger charge is -2.18. The first-order chi connectivity index (χ1) is 38.5. The Morgan fingerprint density at radius 1 is 0.244 bits per heavy atom. The van der Waals surface area contributed by atoms with Crippen LogP contribution in [0.3, 0.4) is 0 Å². The maximum absolute atomic E-state index is 13.0. The Hall–Kier alpha value is -1.85. The van der Waals surface area contributed by atoms with Gasteiger partial charge in [-0.1, -0.05) is 360 Å². The molecule has 0 aromatic rings. The van der Waals surface area contributed by atoms with E-state index in [1.54, 1.807) is 0 Å². The van der Waals surface area contributed by atoms with Crippen molar-refractivity contribution >= 4 is 17.9 Å². The summed E-state index contributed by atoms with van der Waals surface area (Å²) in [5, 5.41) is 0. The normalized spacial score (nSPS) is 12.0. The SMILES string of the molecule is CCCCCCCCCC/C=C\CCCCCCCCCCCCCC(=O)OC(COC(=O)CCCCCCCCCCCCCCC)COC(=O)CCCCCCCCCCCCCCCCCCCCCCCCCC. The zero-order valence-electron chi connectivity index (χ0n) is 53.2. The molecule has 0 saturated heterocycles. The van der Waals surface area contributed by atoms with Crippen molar-refractivity contribution in [2.24, 2.45) is 0 Å². The smallest absolute Gasteiger partial charge is 0.306 e. The predicted molar refractivity (Wildman–Crippen MR) is 340 cm³/mol. The van der Waals surface area contributed by atoms with Crippen molar-refractivity contribution in [1.29, 1.82) is 0 Å². The molecule has 0 rings (SSSR count). The Labute approximate surface area is 488 Å². The van der Waals surface area contributed by atoms with Gasteiger partial charge in [0.15, 0.2) is 6.10 Å². The molecule has 0 bridgehead atoms. The van der Waals surface area contributed by atoms with Crippen LogP contribution in [0.25, 0.3) is 0 Å². The van der Waals surface area contributed by atoms with Gasteiger partial charge in [-0.3, -0.25) is 14.4 Å². The van der Waals surface area contributed by atoms with Gasteiger partial charge in [-0.15, -0.1) is 0 Å². The summed E-state index contributed by atoms with van der Waals surface area (Å²) in [5.41, 5.74) is 0. The topological polar surface area (TPSA) is 78.9 Å². The fourth-order valence-corrected chi connectivity index (χ4v) is 11.2. The third kappa shape index (κ3) is 65.0. The van der Waals surface area contributed by atoms with E-state index in [0.717, 1.165) is 57.8 Å². The van der Waals surface area contributed by atoms with Gasteiger partial charge in [0.1, 0.15) is 13.2 Å². The number of hydrogen-bond donors (Lipinski definition) is 0. The second-order valence-corrected chi connectivity index (χ2v) is 24.5. The van der Waals surface area contributed by atoms with Gasteiger partial charge < -0.3 is 14.2 Å². The summed E-state index contributed by atoms with van der Waals surface area (Å²) in [6.45, 7) is 6.73. The zero-order chi connectivity index (χ0) is 56.4. The second kappa shape index (κ2) is 67.7. The van der Waals surface area contributed by atoms with Crippen LogP contribution in [0.1, 0.15) is 412 Å². The van der Waals surface area contributed by atoms with Crippen LogP contribution in [0.5, 0.6) is 0 Å². The third-order valence-electron chi connectivity index (χ3n) is 16.5. The highest BCUT2D eigenvalue weighted by molar-refractivity contribution is 5.71. The molecule has 6 heteroatoms. The molecule has 0 aromatic carbocycles. The van der Waals surface area contributed by atoms with Gasteiger partial charge in [0.05, 0.1) is 0 Å². The quantitative estimate of drug-likeness (QED) is 0.0261. The minimum Gasteiger partial charge on any atom is -0.462 e. The Balaban J connectivity index is 4.21. The molecule has 0 amide bonds. The van der Waals surface area contributed by atoms with Crippen LogP contribution < -0.4 is 0 Å². The molecule has 1 unspecified atom stereocenters. The highest BCUT2D eigenvalue weighted by Crippen LogP contribution is 2.19. The number of hydrogen-bond acceptors (Lipinski definition) is 6. The Kier molecular flexibility index (Phi) is 66.0. The average Bonchev–Trinajstić information content (AvgIpc) is 3.44. The summed E-state index contributed by atoms with van der Waals surface area (Å²) in [5.74, 6) is -0.828. The van der Waals surface area contributed by atoms with Crippen LogP contribution in [0.2, 0.25) is 0 Å². The van der Waals surface area contributed by atoms with Crippen molar-refractivity contribution in [3.63, 3.8) is 0 Å². The van der Waals surface area contributed by atoms with E-state index in [1.807, 2.05) is 0 Å². The molecule has 0 aromatic heterocycles. The summed E-state index contributed by atoms with van der Waals surface area (Å²) in [4.78, 5) is 38.4. The van der Waals surface area contributed by atoms with E-state index in [1.165, 1.54) is 315 Å². The minimum absolute atomic E-state index is 0.0631. The molecule has 6 nitrogen and oxygen atoms in total. The maximum Gasteiger partial charge on any atom is 0.306 e. The molecule has 1 atom stereocenters. The fourth-order valence-electron chi connectivity index (χ4n) is 11.2. The molecule has 0 fully saturated rings. The van der Waals surface area contributed by atoms with E-state index >= 15 is 0 Å². The van der Waals surface area contributed by atoms with Gasteiger partial charge in [-0.2, -0.15) is 0 Å². The van der Waals surface area contributed by atoms with E-state index in [4.69, 9.17) is 14.2 Å². The number of esters is 3. The van der Waals surface area contributed by atoms with Crippen LogP contribution in [0.4, 0.5) is 0 Å². The van der Waals surface area contributed by atoms with E-state index in [2.05, 4.69) is 32.9 Å². The number of ether oxygens (including phenoxy) is 3. The first-order valence-corrected chi connectivity index (χ1v) is 35.7. The number of allylic oxidation sites excluding steroid dienone is 2. The molecule has 78 heavy (non-hydrogen) atoms. The molecule has 0 aliphatic rings. The summed E-state index contributed by atoms with van der Waals surface area (Å²) in [6.07, 6.45) is 81.0. The van der Waals surface area contributed by atoms with E-state index in [9.17, 15) is 14.4 Å². The molecule has 0 saturated carbocycles. The van der Waals surface area contributed by atoms with Crippen molar-refractivity contribution in [3.8, 4) is 0 Å². The van der Waals surface area contributed by atoms with Gasteiger partial charge in [0.25, 0.3) is 0 Å². The number of carbonyl (C=O) groups is 3. The molecule has 462 valence electrons. The molecule has 0 spiro atoms. The number of unbranched alkanes of at least 4 members (excludes halogenated alkanes) is 54. The summed E-state index contributed by atoms with van der Waals surface area (Å²) in [7, 11) is 0. The van der Waals surface area contributed by atoms with Gasteiger partial charge in [-0.05, 0) is 44.9 Å². The Morgan fingerprint density at radius 3 is 0.641 bits per heavy atom. The molecule has 0 aliphatic carbocycles. The van der Waals surface area contributed by atoms with Crippen LogP contribution in [0, 0.1) is 0 Å². The van der Waals surface area contributed by atoms with E-state index in [0.29, 0.717) is 19.3 Å². The fraction of sp³-hybridized carbons (Fsp3) is 0.931. The first kappa shape index (κ1) is 76.1. The van der Waals surface area contributed by atoms with Crippen LogP contribution in [0.15, 0.2) is 12.2 Å². The number of carbonyl (C=O) groups excluding carboxylic acids is 3. The lowest BCUT2D eigenvalue weighted by molar-refractivity contribution is -0.167. The van der Waals surface area contributed by atoms with Crippen molar-refractivity contribution in [2.75, 3.05) is 13.2 Å². The average molecular weight is 1100 g/mol. The van der Waals surface area contributed by atoms with Crippen LogP contribution >= 0.6 is 0 Å². The predicted octanol–water partition coefficient (Wildman–Crippen LogP) is 24.4. The second-order valence-electron chi connectivity index (χ2n) is 24.5. The van der Waals surface area contributed by atoms with Gasteiger partial charge in [0, 0.05) is 19.3 Å². The van der Waals surface area contributed by atoms with Crippen LogP contribution in [-0.4, -0.2) is 37.2 Å². The lowest BCUT2D eigenvalue weighted by Crippen LogP contribution is -2.30. The maximum atomic E-state index is 13.0. The highest BCUT2D eigenvalue weighted by Gasteiger charge is 2.19. The van der Waals surface area contributed by atoms with Crippen molar-refractivity contribution in [2.45, 2.75) is 419 Å². The van der Waals surface area contributed by atoms with Crippen LogP contribution in [-0.2, 0) is 28.6 Å². The zero-order valence-corrected chi connectivity index (χ0v) is 53.2. The molecule has 0 heterocycles. The lowest BCUT2D eigenvalue weighted by atomic mass is 10.0. The van der Waals surface area contributed by atoms with Gasteiger partial charge in [-0.25, -0.2) is 0 Å². The largest absolute Gasteiger partial charge is 0.462 e. The van der Waals surface area contributed by atoms with Crippen molar-refractivity contribution in [3.05, 3.63) is 12.2 Å². The standard InChI is InChI=1S/C72H138O6/c1-4-7-10-13-16-19-22-25-27-29-31-33-35-37-38-40-42-44-47-50-53-56-59-62-65-71(74)77-68-69(67-76-70(73)64-61-58-55-52-49-46-24-21-18-15-12-9-6-3)78-72(75)66-63-60-57-54-51-48-45-43-41-39-36-34-32-30-28-26-23-20-17-14-11-8-5-2/h30,32,69H,4-29,31,33-68H2,1-3H3/b32-30-. The van der Waals surface area contributed by atoms with Crippen molar-refractivity contribution in [1.82, 2.24) is 0 Å². The third-order valence-corrected chi connectivity index (χ3v) is 16.5. The molecular formula is C72H138O6. The summed E-state index contributed by atoms with van der Waals surface area (Å²) < 4.78 is 17.0. The molecular weight excluding hydrogens is 961 g/mol. The Morgan fingerprint density at radius 2 is 0.423 bits per heavy atom. The first-order valence-electron chi connectivity index (χ1n) is 35.7. The van der Waals surface area contributed by atoms with Crippen molar-refractivity contribution < 1.29 is 28.6 Å². The number of rotatable bonds is 67. The highest BCUT2D eigenvalue weighted by atomic mass is 16.6. The Bertz CT molecular complexity index is 1210. The molecule has 0 N–H and O–H groups in total. The molecule has 0 radical (unpaired) electrons.